The van der Waals surface area contributed by atoms with Gasteiger partial charge in [0.15, 0.2) is 28.2 Å². The van der Waals surface area contributed by atoms with Crippen LogP contribution in [0.25, 0.3) is 0 Å². The van der Waals surface area contributed by atoms with Crippen LogP contribution in [0.4, 0.5) is 22.0 Å². The zero-order valence-electron chi connectivity index (χ0n) is 10.1. The van der Waals surface area contributed by atoms with Crippen LogP contribution in [0.1, 0.15) is 6.92 Å². The Hall–Kier alpha value is -1.26. The van der Waals surface area contributed by atoms with Gasteiger partial charge in [0.05, 0.1) is 6.61 Å². The first kappa shape index (κ1) is 16.8. The van der Waals surface area contributed by atoms with Gasteiger partial charge in [0, 0.05) is 13.1 Å². The Labute approximate surface area is 111 Å². The van der Waals surface area contributed by atoms with Crippen molar-refractivity contribution >= 4 is 10.0 Å². The molecule has 114 valence electrons. The molecular weight excluding hydrogens is 309 g/mol. The highest BCUT2D eigenvalue weighted by Crippen LogP contribution is 2.28. The molecule has 1 N–H and O–H groups in total. The van der Waals surface area contributed by atoms with Gasteiger partial charge in [0.25, 0.3) is 0 Å². The third-order valence-corrected chi connectivity index (χ3v) is 4.46. The highest BCUT2D eigenvalue weighted by Gasteiger charge is 2.36. The maximum Gasteiger partial charge on any atom is 0.249 e. The zero-order chi connectivity index (χ0) is 15.7. The molecule has 1 aromatic rings. The van der Waals surface area contributed by atoms with Crippen molar-refractivity contribution in [2.45, 2.75) is 11.8 Å². The molecule has 0 aliphatic heterocycles. The lowest BCUT2D eigenvalue weighted by molar-refractivity contribution is 0.255. The molecule has 0 bridgehead atoms. The van der Waals surface area contributed by atoms with Gasteiger partial charge in [-0.1, -0.05) is 6.92 Å². The van der Waals surface area contributed by atoms with Crippen molar-refractivity contribution in [1.29, 1.82) is 0 Å². The zero-order valence-corrected chi connectivity index (χ0v) is 10.9. The van der Waals surface area contributed by atoms with Crippen LogP contribution in [0.5, 0.6) is 0 Å². The van der Waals surface area contributed by atoms with Gasteiger partial charge in [-0.3, -0.25) is 0 Å². The molecule has 0 aliphatic rings. The monoisotopic (exact) mass is 319 g/mol. The predicted molar refractivity (Wildman–Crippen MR) is 57.8 cm³/mol. The Morgan fingerprint density at radius 3 is 1.70 bits per heavy atom. The number of rotatable bonds is 5. The van der Waals surface area contributed by atoms with E-state index in [4.69, 9.17) is 5.11 Å². The molecule has 0 aliphatic carbocycles. The van der Waals surface area contributed by atoms with Gasteiger partial charge in [0.2, 0.25) is 15.8 Å². The van der Waals surface area contributed by atoms with Crippen molar-refractivity contribution in [2.75, 3.05) is 19.7 Å². The minimum Gasteiger partial charge on any atom is -0.395 e. The summed E-state index contributed by atoms with van der Waals surface area (Å²) in [6.45, 7) is -0.261. The van der Waals surface area contributed by atoms with Crippen LogP contribution in [0.15, 0.2) is 4.90 Å². The molecule has 0 heterocycles. The smallest absolute Gasteiger partial charge is 0.249 e. The summed E-state index contributed by atoms with van der Waals surface area (Å²) in [6.07, 6.45) is 0. The van der Waals surface area contributed by atoms with Crippen molar-refractivity contribution in [1.82, 2.24) is 4.31 Å². The van der Waals surface area contributed by atoms with Gasteiger partial charge in [-0.25, -0.2) is 30.4 Å². The number of aliphatic hydroxyl groups excluding tert-OH is 1. The molecule has 1 aromatic carbocycles. The molecule has 1 rings (SSSR count). The number of hydrogen-bond donors (Lipinski definition) is 1. The van der Waals surface area contributed by atoms with E-state index in [9.17, 15) is 30.4 Å². The summed E-state index contributed by atoms with van der Waals surface area (Å²) in [5, 5.41) is 8.67. The van der Waals surface area contributed by atoms with Crippen LogP contribution in [0.2, 0.25) is 0 Å². The van der Waals surface area contributed by atoms with E-state index in [0.29, 0.717) is 4.31 Å². The van der Waals surface area contributed by atoms with Gasteiger partial charge >= 0.3 is 0 Å². The van der Waals surface area contributed by atoms with E-state index >= 15 is 0 Å². The molecule has 0 saturated carbocycles. The number of halogens is 5. The molecule has 0 unspecified atom stereocenters. The van der Waals surface area contributed by atoms with Gasteiger partial charge in [-0.15, -0.1) is 0 Å². The largest absolute Gasteiger partial charge is 0.395 e. The predicted octanol–water partition coefficient (Wildman–Crippen LogP) is 1.39. The lowest BCUT2D eigenvalue weighted by Crippen LogP contribution is -2.35. The third-order valence-electron chi connectivity index (χ3n) is 2.47. The minimum absolute atomic E-state index is 0.317. The second-order valence-electron chi connectivity index (χ2n) is 3.62. The molecule has 0 saturated heterocycles. The van der Waals surface area contributed by atoms with Crippen molar-refractivity contribution in [3.05, 3.63) is 29.1 Å². The third kappa shape index (κ3) is 2.63. The van der Waals surface area contributed by atoms with E-state index in [1.54, 1.807) is 0 Å². The van der Waals surface area contributed by atoms with Crippen LogP contribution in [-0.4, -0.2) is 37.5 Å². The maximum absolute atomic E-state index is 13.4. The van der Waals surface area contributed by atoms with Crippen LogP contribution in [0.3, 0.4) is 0 Å². The summed E-state index contributed by atoms with van der Waals surface area (Å²) in [6, 6.07) is 0. The average Bonchev–Trinajstić information content (AvgIpc) is 2.40. The molecule has 0 radical (unpaired) electrons. The standard InChI is InChI=1S/C10H10F5NO3S/c1-2-16(3-4-17)20(18,19)10-8(14)6(12)5(11)7(13)9(10)15/h17H,2-4H2,1H3. The van der Waals surface area contributed by atoms with Gasteiger partial charge in [0.1, 0.15) is 0 Å². The highest BCUT2D eigenvalue weighted by atomic mass is 32.2. The number of aliphatic hydroxyl groups is 1. The van der Waals surface area contributed by atoms with Crippen molar-refractivity contribution in [3.8, 4) is 0 Å². The fraction of sp³-hybridized carbons (Fsp3) is 0.400. The first-order valence-electron chi connectivity index (χ1n) is 5.32. The fourth-order valence-electron chi connectivity index (χ4n) is 1.50. The van der Waals surface area contributed by atoms with Gasteiger partial charge in [-0.2, -0.15) is 4.31 Å². The molecule has 0 aromatic heterocycles. The van der Waals surface area contributed by atoms with Gasteiger partial charge < -0.3 is 5.11 Å². The van der Waals surface area contributed by atoms with Crippen LogP contribution in [0, 0.1) is 29.1 Å². The normalized spacial score (nSPS) is 12.2. The van der Waals surface area contributed by atoms with E-state index in [2.05, 4.69) is 0 Å². The summed E-state index contributed by atoms with van der Waals surface area (Å²) < 4.78 is 89.9. The van der Waals surface area contributed by atoms with Crippen LogP contribution in [-0.2, 0) is 10.0 Å². The number of benzene rings is 1. The summed E-state index contributed by atoms with van der Waals surface area (Å²) >= 11 is 0. The summed E-state index contributed by atoms with van der Waals surface area (Å²) in [5.74, 6) is -12.0. The Morgan fingerprint density at radius 1 is 0.950 bits per heavy atom. The lowest BCUT2D eigenvalue weighted by atomic mass is 10.3. The number of nitrogens with zero attached hydrogens (tertiary/aromatic N) is 1. The molecule has 0 amide bonds. The molecule has 4 nitrogen and oxygen atoms in total. The second-order valence-corrected chi connectivity index (χ2v) is 5.49. The first-order chi connectivity index (χ1) is 9.19. The fourth-order valence-corrected chi connectivity index (χ4v) is 3.05. The highest BCUT2D eigenvalue weighted by molar-refractivity contribution is 7.89. The molecule has 10 heteroatoms. The molecule has 0 spiro atoms. The maximum atomic E-state index is 13.4. The van der Waals surface area contributed by atoms with E-state index < -0.39 is 57.2 Å². The van der Waals surface area contributed by atoms with Crippen molar-refractivity contribution < 1.29 is 35.5 Å². The molecule has 20 heavy (non-hydrogen) atoms. The first-order valence-corrected chi connectivity index (χ1v) is 6.76. The van der Waals surface area contributed by atoms with E-state index in [0.717, 1.165) is 0 Å². The second kappa shape index (κ2) is 6.02. The SMILES string of the molecule is CCN(CCO)S(=O)(=O)c1c(F)c(F)c(F)c(F)c1F. The van der Waals surface area contributed by atoms with Crippen molar-refractivity contribution in [3.63, 3.8) is 0 Å². The number of hydrogen-bond acceptors (Lipinski definition) is 3. The van der Waals surface area contributed by atoms with E-state index in [1.807, 2.05) is 0 Å². The summed E-state index contributed by atoms with van der Waals surface area (Å²) in [5.41, 5.74) is 0. The van der Waals surface area contributed by atoms with E-state index in [1.165, 1.54) is 6.92 Å². The topological polar surface area (TPSA) is 57.6 Å². The Kier molecular flexibility index (Phi) is 5.05. The lowest BCUT2D eigenvalue weighted by Gasteiger charge is -2.20. The van der Waals surface area contributed by atoms with Crippen molar-refractivity contribution in [2.24, 2.45) is 0 Å². The van der Waals surface area contributed by atoms with E-state index in [-0.39, 0.29) is 6.54 Å². The van der Waals surface area contributed by atoms with Crippen LogP contribution < -0.4 is 0 Å². The minimum atomic E-state index is -4.96. The summed E-state index contributed by atoms with van der Waals surface area (Å²) in [4.78, 5) is -1.93. The van der Waals surface area contributed by atoms with Crippen LogP contribution >= 0.6 is 0 Å². The average molecular weight is 319 g/mol. The number of likely N-dealkylation sites (N-methyl/N-ethyl adjacent to an activating group) is 1. The molecular formula is C10H10F5NO3S. The number of sulfonamides is 1. The van der Waals surface area contributed by atoms with Gasteiger partial charge in [-0.05, 0) is 0 Å². The Balaban J connectivity index is 3.62. The molecule has 0 atom stereocenters. The molecule has 0 fully saturated rings. The Bertz CT molecular complexity index is 591. The Morgan fingerprint density at radius 2 is 1.35 bits per heavy atom. The quantitative estimate of drug-likeness (QED) is 0.507. The summed E-state index contributed by atoms with van der Waals surface area (Å²) in [7, 11) is -4.96.